The quantitative estimate of drug-likeness (QED) is 0.502. The van der Waals surface area contributed by atoms with Crippen LogP contribution in [-0.2, 0) is 10.0 Å². The first-order valence-corrected chi connectivity index (χ1v) is 9.74. The Morgan fingerprint density at radius 2 is 1.81 bits per heavy atom. The summed E-state index contributed by atoms with van der Waals surface area (Å²) in [6.45, 7) is 2.57. The number of halogens is 1. The standard InChI is InChI=1S/C18H21FN2O5S/c1-3-4-11-26-16-10-5-13(12-17(16)25-2)18(22)20-21-27(23,24)15-8-6-14(19)7-9-15/h5-10,12,21H,3-4,11H2,1-2H3,(H,20,22). The topological polar surface area (TPSA) is 93.7 Å². The van der Waals surface area contributed by atoms with E-state index in [4.69, 9.17) is 9.47 Å². The molecule has 146 valence electrons. The zero-order chi connectivity index (χ0) is 19.9. The molecule has 0 bridgehead atoms. The van der Waals surface area contributed by atoms with E-state index in [0.29, 0.717) is 18.1 Å². The zero-order valence-corrected chi connectivity index (χ0v) is 15.8. The molecule has 2 aromatic rings. The van der Waals surface area contributed by atoms with Crippen LogP contribution in [0.25, 0.3) is 0 Å². The van der Waals surface area contributed by atoms with Gasteiger partial charge in [-0.1, -0.05) is 13.3 Å². The van der Waals surface area contributed by atoms with E-state index in [0.717, 1.165) is 37.1 Å². The normalized spacial score (nSPS) is 11.1. The van der Waals surface area contributed by atoms with Crippen LogP contribution in [0.1, 0.15) is 30.1 Å². The van der Waals surface area contributed by atoms with Crippen LogP contribution in [0, 0.1) is 5.82 Å². The molecular formula is C18H21FN2O5S. The Bertz CT molecular complexity index is 885. The third-order valence-corrected chi connectivity index (χ3v) is 4.87. The lowest BCUT2D eigenvalue weighted by Gasteiger charge is -2.12. The number of ether oxygens (including phenoxy) is 2. The monoisotopic (exact) mass is 396 g/mol. The van der Waals surface area contributed by atoms with Gasteiger partial charge < -0.3 is 9.47 Å². The van der Waals surface area contributed by atoms with Crippen LogP contribution < -0.4 is 19.7 Å². The Hall–Kier alpha value is -2.65. The van der Waals surface area contributed by atoms with Gasteiger partial charge in [0.1, 0.15) is 5.82 Å². The molecule has 0 spiro atoms. The molecule has 0 atom stereocenters. The first kappa shape index (κ1) is 20.7. The molecule has 27 heavy (non-hydrogen) atoms. The van der Waals surface area contributed by atoms with Crippen molar-refractivity contribution >= 4 is 15.9 Å². The van der Waals surface area contributed by atoms with Crippen LogP contribution in [0.5, 0.6) is 11.5 Å². The number of benzene rings is 2. The molecule has 0 aliphatic carbocycles. The maximum atomic E-state index is 12.9. The number of hydrogen-bond donors (Lipinski definition) is 2. The lowest BCUT2D eigenvalue weighted by atomic mass is 10.2. The van der Waals surface area contributed by atoms with Crippen molar-refractivity contribution in [2.45, 2.75) is 24.7 Å². The van der Waals surface area contributed by atoms with Crippen molar-refractivity contribution < 1.29 is 27.1 Å². The summed E-state index contributed by atoms with van der Waals surface area (Å²) >= 11 is 0. The molecule has 0 aromatic heterocycles. The highest BCUT2D eigenvalue weighted by Gasteiger charge is 2.17. The number of carbonyl (C=O) groups excluding carboxylic acids is 1. The predicted molar refractivity (Wildman–Crippen MR) is 97.6 cm³/mol. The second kappa shape index (κ2) is 9.33. The van der Waals surface area contributed by atoms with Crippen molar-refractivity contribution in [1.82, 2.24) is 10.3 Å². The van der Waals surface area contributed by atoms with Crippen molar-refractivity contribution in [1.29, 1.82) is 0 Å². The van der Waals surface area contributed by atoms with Crippen molar-refractivity contribution in [2.75, 3.05) is 13.7 Å². The number of amides is 1. The van der Waals surface area contributed by atoms with E-state index >= 15 is 0 Å². The molecule has 0 aliphatic heterocycles. The van der Waals surface area contributed by atoms with Crippen LogP contribution in [-0.4, -0.2) is 28.0 Å². The van der Waals surface area contributed by atoms with Crippen molar-refractivity contribution in [2.24, 2.45) is 0 Å². The highest BCUT2D eigenvalue weighted by Crippen LogP contribution is 2.28. The van der Waals surface area contributed by atoms with E-state index in [1.807, 2.05) is 11.8 Å². The number of sulfonamides is 1. The smallest absolute Gasteiger partial charge is 0.266 e. The Labute approximate surface area is 157 Å². The summed E-state index contributed by atoms with van der Waals surface area (Å²) in [6.07, 6.45) is 1.87. The molecule has 2 aromatic carbocycles. The van der Waals surface area contributed by atoms with Crippen LogP contribution in [0.3, 0.4) is 0 Å². The van der Waals surface area contributed by atoms with Crippen molar-refractivity contribution in [3.8, 4) is 11.5 Å². The van der Waals surface area contributed by atoms with Gasteiger partial charge >= 0.3 is 0 Å². The van der Waals surface area contributed by atoms with Crippen molar-refractivity contribution in [3.05, 3.63) is 53.8 Å². The summed E-state index contributed by atoms with van der Waals surface area (Å²) < 4.78 is 47.9. The average molecular weight is 396 g/mol. The molecule has 0 radical (unpaired) electrons. The van der Waals surface area contributed by atoms with Gasteiger partial charge in [0.15, 0.2) is 11.5 Å². The SMILES string of the molecule is CCCCOc1ccc(C(=O)NNS(=O)(=O)c2ccc(F)cc2)cc1OC. The summed E-state index contributed by atoms with van der Waals surface area (Å²) in [6, 6.07) is 8.73. The van der Waals surface area contributed by atoms with Gasteiger partial charge in [-0.25, -0.2) is 12.8 Å². The molecule has 0 fully saturated rings. The molecule has 0 unspecified atom stereocenters. The van der Waals surface area contributed by atoms with Crippen LogP contribution >= 0.6 is 0 Å². The fourth-order valence-corrected chi connectivity index (χ4v) is 2.95. The van der Waals surface area contributed by atoms with Crippen LogP contribution in [0.15, 0.2) is 47.4 Å². The van der Waals surface area contributed by atoms with Gasteiger partial charge in [-0.05, 0) is 48.9 Å². The summed E-state index contributed by atoms with van der Waals surface area (Å²) in [5, 5.41) is 0. The van der Waals surface area contributed by atoms with Crippen LogP contribution in [0.4, 0.5) is 4.39 Å². The summed E-state index contributed by atoms with van der Waals surface area (Å²) in [5.41, 5.74) is 2.29. The Kier molecular flexibility index (Phi) is 7.14. The number of methoxy groups -OCH3 is 1. The van der Waals surface area contributed by atoms with Gasteiger partial charge in [-0.2, -0.15) is 0 Å². The van der Waals surface area contributed by atoms with Gasteiger partial charge in [-0.15, -0.1) is 4.83 Å². The predicted octanol–water partition coefficient (Wildman–Crippen LogP) is 2.64. The Morgan fingerprint density at radius 3 is 2.44 bits per heavy atom. The number of hydrogen-bond acceptors (Lipinski definition) is 5. The van der Waals surface area contributed by atoms with E-state index in [-0.39, 0.29) is 10.5 Å². The highest BCUT2D eigenvalue weighted by atomic mass is 32.2. The molecule has 0 saturated carbocycles. The van der Waals surface area contributed by atoms with E-state index in [9.17, 15) is 17.6 Å². The lowest BCUT2D eigenvalue weighted by molar-refractivity contribution is 0.0944. The fourth-order valence-electron chi connectivity index (χ4n) is 2.11. The first-order valence-electron chi connectivity index (χ1n) is 8.26. The summed E-state index contributed by atoms with van der Waals surface area (Å²) in [7, 11) is -2.58. The summed E-state index contributed by atoms with van der Waals surface area (Å²) in [4.78, 5) is 14.0. The minimum Gasteiger partial charge on any atom is -0.493 e. The lowest BCUT2D eigenvalue weighted by Crippen LogP contribution is -2.41. The molecular weight excluding hydrogens is 375 g/mol. The molecule has 9 heteroatoms. The third-order valence-electron chi connectivity index (χ3n) is 3.60. The third kappa shape index (κ3) is 5.66. The molecule has 1 amide bonds. The second-order valence-electron chi connectivity index (χ2n) is 5.58. The fraction of sp³-hybridized carbons (Fsp3) is 0.278. The highest BCUT2D eigenvalue weighted by molar-refractivity contribution is 7.89. The van der Waals surface area contributed by atoms with Gasteiger partial charge in [0, 0.05) is 5.56 Å². The van der Waals surface area contributed by atoms with E-state index in [1.165, 1.54) is 19.2 Å². The largest absolute Gasteiger partial charge is 0.493 e. The number of rotatable bonds is 9. The number of carbonyl (C=O) groups is 1. The number of unbranched alkanes of at least 4 members (excludes halogenated alkanes) is 1. The van der Waals surface area contributed by atoms with Crippen LogP contribution in [0.2, 0.25) is 0 Å². The van der Waals surface area contributed by atoms with Crippen molar-refractivity contribution in [3.63, 3.8) is 0 Å². The zero-order valence-electron chi connectivity index (χ0n) is 15.0. The van der Waals surface area contributed by atoms with Gasteiger partial charge in [0.05, 0.1) is 18.6 Å². The molecule has 7 nitrogen and oxygen atoms in total. The number of hydrazine groups is 1. The molecule has 2 rings (SSSR count). The van der Waals surface area contributed by atoms with E-state index < -0.39 is 21.7 Å². The second-order valence-corrected chi connectivity index (χ2v) is 7.26. The van der Waals surface area contributed by atoms with Gasteiger partial charge in [-0.3, -0.25) is 10.2 Å². The van der Waals surface area contributed by atoms with Gasteiger partial charge in [0.2, 0.25) is 0 Å². The molecule has 0 saturated heterocycles. The molecule has 2 N–H and O–H groups in total. The maximum Gasteiger partial charge on any atom is 0.266 e. The Balaban J connectivity index is 2.05. The number of nitrogens with one attached hydrogen (secondary N) is 2. The molecule has 0 heterocycles. The minimum atomic E-state index is -4.02. The Morgan fingerprint density at radius 1 is 1.11 bits per heavy atom. The summed E-state index contributed by atoms with van der Waals surface area (Å²) in [5.74, 6) is -0.389. The van der Waals surface area contributed by atoms with Gasteiger partial charge in [0.25, 0.3) is 15.9 Å². The van der Waals surface area contributed by atoms with E-state index in [1.54, 1.807) is 6.07 Å². The maximum absolute atomic E-state index is 12.9. The average Bonchev–Trinajstić information content (AvgIpc) is 2.67. The molecule has 0 aliphatic rings. The minimum absolute atomic E-state index is 0.177. The first-order chi connectivity index (χ1) is 12.9. The van der Waals surface area contributed by atoms with E-state index in [2.05, 4.69) is 5.43 Å².